The second-order valence-electron chi connectivity index (χ2n) is 7.42. The third kappa shape index (κ3) is 5.60. The number of carbonyl (C=O) groups is 2. The number of thiophene rings is 1. The summed E-state index contributed by atoms with van der Waals surface area (Å²) in [5.41, 5.74) is 0. The van der Waals surface area contributed by atoms with Crippen LogP contribution < -0.4 is 5.32 Å². The molecule has 3 atom stereocenters. The molecule has 1 aliphatic carbocycles. The van der Waals surface area contributed by atoms with Gasteiger partial charge in [0.1, 0.15) is 0 Å². The summed E-state index contributed by atoms with van der Waals surface area (Å²) in [6, 6.07) is 4.13. The lowest BCUT2D eigenvalue weighted by atomic mass is 9.78. The van der Waals surface area contributed by atoms with Crippen molar-refractivity contribution in [1.82, 2.24) is 20.1 Å². The molecule has 7 nitrogen and oxygen atoms in total. The molecule has 2 aromatic heterocycles. The first kappa shape index (κ1) is 21.8. The number of hydrogen-bond donors (Lipinski definition) is 1. The van der Waals surface area contributed by atoms with Gasteiger partial charge in [-0.15, -0.1) is 21.5 Å². The number of aromatic nitrogens is 3. The predicted octanol–water partition coefficient (Wildman–Crippen LogP) is 3.60. The zero-order valence-corrected chi connectivity index (χ0v) is 18.7. The van der Waals surface area contributed by atoms with Gasteiger partial charge in [-0.05, 0) is 36.6 Å². The third-order valence-electron chi connectivity index (χ3n) is 5.51. The molecule has 1 N–H and O–H groups in total. The molecule has 2 heterocycles. The van der Waals surface area contributed by atoms with E-state index in [1.807, 2.05) is 29.0 Å². The zero-order valence-electron chi connectivity index (χ0n) is 17.1. The normalized spacial score (nSPS) is 21.7. The van der Waals surface area contributed by atoms with Gasteiger partial charge in [-0.3, -0.25) is 9.59 Å². The summed E-state index contributed by atoms with van der Waals surface area (Å²) in [5, 5.41) is 14.1. The Morgan fingerprint density at radius 2 is 2.17 bits per heavy atom. The van der Waals surface area contributed by atoms with E-state index in [9.17, 15) is 9.59 Å². The van der Waals surface area contributed by atoms with E-state index >= 15 is 0 Å². The first-order chi connectivity index (χ1) is 14.0. The molecule has 1 fully saturated rings. The van der Waals surface area contributed by atoms with Crippen LogP contribution in [-0.2, 0) is 20.9 Å². The van der Waals surface area contributed by atoms with Gasteiger partial charge in [0.05, 0.1) is 10.6 Å². The maximum Gasteiger partial charge on any atom is 0.316 e. The second kappa shape index (κ2) is 10.2. The van der Waals surface area contributed by atoms with E-state index in [2.05, 4.69) is 29.4 Å². The van der Waals surface area contributed by atoms with Crippen LogP contribution in [0, 0.1) is 11.8 Å². The van der Waals surface area contributed by atoms with Gasteiger partial charge in [0, 0.05) is 12.6 Å². The molecule has 9 heteroatoms. The molecule has 0 spiro atoms. The second-order valence-corrected chi connectivity index (χ2v) is 9.31. The van der Waals surface area contributed by atoms with E-state index in [0.29, 0.717) is 23.5 Å². The Balaban J connectivity index is 1.45. The summed E-state index contributed by atoms with van der Waals surface area (Å²) in [5.74, 6) is 1.27. The smallest absolute Gasteiger partial charge is 0.316 e. The standard InChI is InChI=1S/C20H28N4O3S2/c1-4-24-19(16-9-6-10-28-16)22-23-20(24)29-12-18(26)27-11-17(25)21-15-8-5-7-13(2)14(15)3/h6,9-10,13-15H,4-5,7-8,11-12H2,1-3H3,(H,21,25). The first-order valence-electron chi connectivity index (χ1n) is 10.0. The van der Waals surface area contributed by atoms with Crippen LogP contribution in [0.25, 0.3) is 10.7 Å². The monoisotopic (exact) mass is 436 g/mol. The minimum Gasteiger partial charge on any atom is -0.455 e. The van der Waals surface area contributed by atoms with Crippen LogP contribution in [0.2, 0.25) is 0 Å². The van der Waals surface area contributed by atoms with Crippen molar-refractivity contribution >= 4 is 35.0 Å². The Kier molecular flexibility index (Phi) is 7.71. The number of thioether (sulfide) groups is 1. The molecule has 0 radical (unpaired) electrons. The molecular weight excluding hydrogens is 408 g/mol. The number of amides is 1. The van der Waals surface area contributed by atoms with Crippen molar-refractivity contribution in [2.75, 3.05) is 12.4 Å². The Labute approximate surface area is 179 Å². The number of rotatable bonds is 8. The molecule has 29 heavy (non-hydrogen) atoms. The Bertz CT molecular complexity index is 822. The number of hydrogen-bond acceptors (Lipinski definition) is 7. The van der Waals surface area contributed by atoms with E-state index in [4.69, 9.17) is 4.74 Å². The molecule has 1 saturated carbocycles. The average Bonchev–Trinajstić information content (AvgIpc) is 3.37. The SMILES string of the molecule is CCn1c(SCC(=O)OCC(=O)NC2CCCC(C)C2C)nnc1-c1cccs1. The molecule has 3 unspecified atom stereocenters. The Hall–Kier alpha value is -1.87. The van der Waals surface area contributed by atoms with Gasteiger partial charge in [-0.1, -0.05) is 44.5 Å². The molecule has 0 saturated heterocycles. The average molecular weight is 437 g/mol. The largest absolute Gasteiger partial charge is 0.455 e. The van der Waals surface area contributed by atoms with Gasteiger partial charge in [0.25, 0.3) is 5.91 Å². The van der Waals surface area contributed by atoms with Gasteiger partial charge in [-0.2, -0.15) is 0 Å². The molecule has 3 rings (SSSR count). The summed E-state index contributed by atoms with van der Waals surface area (Å²) in [7, 11) is 0. The third-order valence-corrected chi connectivity index (χ3v) is 7.32. The van der Waals surface area contributed by atoms with E-state index in [-0.39, 0.29) is 24.3 Å². The maximum atomic E-state index is 12.2. The van der Waals surface area contributed by atoms with Gasteiger partial charge in [-0.25, -0.2) is 0 Å². The topological polar surface area (TPSA) is 86.1 Å². The summed E-state index contributed by atoms with van der Waals surface area (Å²) < 4.78 is 7.13. The Morgan fingerprint density at radius 3 is 2.90 bits per heavy atom. The van der Waals surface area contributed by atoms with Crippen LogP contribution in [0.1, 0.15) is 40.0 Å². The van der Waals surface area contributed by atoms with Gasteiger partial charge >= 0.3 is 5.97 Å². The van der Waals surface area contributed by atoms with E-state index in [1.54, 1.807) is 11.3 Å². The highest BCUT2D eigenvalue weighted by Crippen LogP contribution is 2.29. The summed E-state index contributed by atoms with van der Waals surface area (Å²) in [6.45, 7) is 6.88. The first-order valence-corrected chi connectivity index (χ1v) is 11.9. The number of ether oxygens (including phenoxy) is 1. The molecule has 0 aliphatic heterocycles. The van der Waals surface area contributed by atoms with Crippen LogP contribution in [0.3, 0.4) is 0 Å². The fourth-order valence-corrected chi connectivity index (χ4v) is 5.13. The summed E-state index contributed by atoms with van der Waals surface area (Å²) in [4.78, 5) is 25.3. The number of esters is 1. The maximum absolute atomic E-state index is 12.2. The minimum atomic E-state index is -0.432. The highest BCUT2D eigenvalue weighted by atomic mass is 32.2. The number of nitrogens with zero attached hydrogens (tertiary/aromatic N) is 3. The number of nitrogens with one attached hydrogen (secondary N) is 1. The fourth-order valence-electron chi connectivity index (χ4n) is 3.61. The minimum absolute atomic E-state index is 0.0900. The van der Waals surface area contributed by atoms with Gasteiger partial charge in [0.2, 0.25) is 0 Å². The lowest BCUT2D eigenvalue weighted by Crippen LogP contribution is -2.45. The van der Waals surface area contributed by atoms with Crippen molar-refractivity contribution in [3.05, 3.63) is 17.5 Å². The lowest BCUT2D eigenvalue weighted by Gasteiger charge is -2.34. The number of carbonyl (C=O) groups excluding carboxylic acids is 2. The zero-order chi connectivity index (χ0) is 20.8. The van der Waals surface area contributed by atoms with Crippen molar-refractivity contribution in [2.24, 2.45) is 11.8 Å². The van der Waals surface area contributed by atoms with Crippen molar-refractivity contribution in [3.63, 3.8) is 0 Å². The van der Waals surface area contributed by atoms with Crippen LogP contribution in [-0.4, -0.2) is 45.0 Å². The van der Waals surface area contributed by atoms with Crippen molar-refractivity contribution in [1.29, 1.82) is 0 Å². The van der Waals surface area contributed by atoms with Gasteiger partial charge < -0.3 is 14.6 Å². The quantitative estimate of drug-likeness (QED) is 0.503. The highest BCUT2D eigenvalue weighted by molar-refractivity contribution is 7.99. The van der Waals surface area contributed by atoms with E-state index < -0.39 is 5.97 Å². The highest BCUT2D eigenvalue weighted by Gasteiger charge is 2.28. The molecule has 158 valence electrons. The van der Waals surface area contributed by atoms with Crippen molar-refractivity contribution in [2.45, 2.75) is 57.8 Å². The fraction of sp³-hybridized carbons (Fsp3) is 0.600. The van der Waals surface area contributed by atoms with E-state index in [1.165, 1.54) is 18.2 Å². The molecule has 1 aliphatic rings. The molecule has 0 bridgehead atoms. The van der Waals surface area contributed by atoms with Crippen LogP contribution in [0.15, 0.2) is 22.7 Å². The lowest BCUT2D eigenvalue weighted by molar-refractivity contribution is -0.146. The van der Waals surface area contributed by atoms with E-state index in [0.717, 1.165) is 23.5 Å². The van der Waals surface area contributed by atoms with Crippen molar-refractivity contribution < 1.29 is 14.3 Å². The molecule has 2 aromatic rings. The van der Waals surface area contributed by atoms with Crippen LogP contribution in [0.4, 0.5) is 0 Å². The molecule has 0 aromatic carbocycles. The molecule has 1 amide bonds. The summed E-state index contributed by atoms with van der Waals surface area (Å²) >= 11 is 2.87. The predicted molar refractivity (Wildman–Crippen MR) is 115 cm³/mol. The van der Waals surface area contributed by atoms with Crippen molar-refractivity contribution in [3.8, 4) is 10.7 Å². The molecular formula is C20H28N4O3S2. The van der Waals surface area contributed by atoms with Gasteiger partial charge in [0.15, 0.2) is 17.6 Å². The van der Waals surface area contributed by atoms with Crippen LogP contribution in [0.5, 0.6) is 0 Å². The van der Waals surface area contributed by atoms with Crippen LogP contribution >= 0.6 is 23.1 Å². The summed E-state index contributed by atoms with van der Waals surface area (Å²) in [6.07, 6.45) is 3.31. The Morgan fingerprint density at radius 1 is 1.34 bits per heavy atom.